The summed E-state index contributed by atoms with van der Waals surface area (Å²) in [5.41, 5.74) is 0.705. The van der Waals surface area contributed by atoms with Gasteiger partial charge in [0.05, 0.1) is 0 Å². The van der Waals surface area contributed by atoms with Crippen molar-refractivity contribution in [2.45, 2.75) is 58.9 Å². The molecule has 1 rings (SSSR count). The molecule has 2 N–H and O–H groups in total. The van der Waals surface area contributed by atoms with Crippen LogP contribution in [0, 0.1) is 5.41 Å². The van der Waals surface area contributed by atoms with Gasteiger partial charge in [-0.15, -0.1) is 0 Å². The molecule has 0 aromatic rings. The Kier molecular flexibility index (Phi) is 5.62. The second-order valence-electron chi connectivity index (χ2n) is 5.35. The van der Waals surface area contributed by atoms with Crippen molar-refractivity contribution in [1.29, 1.82) is 0 Å². The highest BCUT2D eigenvalue weighted by Gasteiger charge is 2.39. The fourth-order valence-electron chi connectivity index (χ4n) is 1.95. The molecule has 0 amide bonds. The Morgan fingerprint density at radius 1 is 1.13 bits per heavy atom. The van der Waals surface area contributed by atoms with E-state index in [-0.39, 0.29) is 0 Å². The van der Waals surface area contributed by atoms with E-state index < -0.39 is 0 Å². The number of rotatable bonds is 9. The van der Waals surface area contributed by atoms with Crippen LogP contribution in [0.15, 0.2) is 0 Å². The van der Waals surface area contributed by atoms with Gasteiger partial charge in [0, 0.05) is 12.6 Å². The van der Waals surface area contributed by atoms with Crippen LogP contribution in [-0.4, -0.2) is 25.7 Å². The van der Waals surface area contributed by atoms with E-state index >= 15 is 0 Å². The molecule has 2 heteroatoms. The van der Waals surface area contributed by atoms with Crippen LogP contribution in [0.25, 0.3) is 0 Å². The first-order chi connectivity index (χ1) is 7.18. The lowest BCUT2D eigenvalue weighted by molar-refractivity contribution is 0.437. The Balaban J connectivity index is 1.81. The molecule has 0 bridgehead atoms. The number of nitrogens with one attached hydrogen (secondary N) is 2. The number of hydrogen-bond donors (Lipinski definition) is 2. The van der Waals surface area contributed by atoms with Gasteiger partial charge in [-0.05, 0) is 50.6 Å². The molecular formula is C13H28N2. The Labute approximate surface area is 95.2 Å². The quantitative estimate of drug-likeness (QED) is 0.574. The van der Waals surface area contributed by atoms with E-state index in [1.165, 1.54) is 45.2 Å². The SMILES string of the molecule is CCC1(CNCCCCNC(C)C)CC1. The fraction of sp³-hybridized carbons (Fsp3) is 1.00. The van der Waals surface area contributed by atoms with Crippen molar-refractivity contribution in [3.8, 4) is 0 Å². The van der Waals surface area contributed by atoms with Gasteiger partial charge in [-0.2, -0.15) is 0 Å². The molecule has 0 spiro atoms. The van der Waals surface area contributed by atoms with E-state index in [0.29, 0.717) is 11.5 Å². The third-order valence-corrected chi connectivity index (χ3v) is 3.54. The van der Waals surface area contributed by atoms with Crippen LogP contribution >= 0.6 is 0 Å². The van der Waals surface area contributed by atoms with E-state index in [9.17, 15) is 0 Å². The monoisotopic (exact) mass is 212 g/mol. The summed E-state index contributed by atoms with van der Waals surface area (Å²) < 4.78 is 0. The first-order valence-corrected chi connectivity index (χ1v) is 6.63. The van der Waals surface area contributed by atoms with Crippen molar-refractivity contribution in [2.24, 2.45) is 5.41 Å². The second-order valence-corrected chi connectivity index (χ2v) is 5.35. The Morgan fingerprint density at radius 2 is 1.80 bits per heavy atom. The highest BCUT2D eigenvalue weighted by molar-refractivity contribution is 4.93. The van der Waals surface area contributed by atoms with E-state index in [1.807, 2.05) is 0 Å². The molecule has 90 valence electrons. The summed E-state index contributed by atoms with van der Waals surface area (Å²) in [4.78, 5) is 0. The molecule has 0 unspecified atom stereocenters. The van der Waals surface area contributed by atoms with Crippen molar-refractivity contribution < 1.29 is 0 Å². The zero-order chi connectivity index (χ0) is 11.1. The molecule has 1 aliphatic rings. The van der Waals surface area contributed by atoms with Crippen molar-refractivity contribution >= 4 is 0 Å². The number of hydrogen-bond acceptors (Lipinski definition) is 2. The average Bonchev–Trinajstić information content (AvgIpc) is 2.97. The molecule has 0 heterocycles. The van der Waals surface area contributed by atoms with E-state index in [4.69, 9.17) is 0 Å². The summed E-state index contributed by atoms with van der Waals surface area (Å²) in [6, 6.07) is 0.632. The minimum Gasteiger partial charge on any atom is -0.316 e. The topological polar surface area (TPSA) is 24.1 Å². The highest BCUT2D eigenvalue weighted by atomic mass is 14.9. The zero-order valence-corrected chi connectivity index (χ0v) is 10.7. The summed E-state index contributed by atoms with van der Waals surface area (Å²) in [6.07, 6.45) is 6.86. The molecule has 0 radical (unpaired) electrons. The van der Waals surface area contributed by atoms with Crippen LogP contribution in [0.3, 0.4) is 0 Å². The molecule has 0 saturated heterocycles. The van der Waals surface area contributed by atoms with Gasteiger partial charge in [-0.25, -0.2) is 0 Å². The summed E-state index contributed by atoms with van der Waals surface area (Å²) >= 11 is 0. The van der Waals surface area contributed by atoms with Crippen molar-refractivity contribution in [3.63, 3.8) is 0 Å². The average molecular weight is 212 g/mol. The summed E-state index contributed by atoms with van der Waals surface area (Å²) in [5, 5.41) is 7.05. The summed E-state index contributed by atoms with van der Waals surface area (Å²) in [7, 11) is 0. The van der Waals surface area contributed by atoms with Crippen LogP contribution in [0.2, 0.25) is 0 Å². The van der Waals surface area contributed by atoms with Gasteiger partial charge in [-0.3, -0.25) is 0 Å². The maximum atomic E-state index is 3.60. The first kappa shape index (κ1) is 13.0. The molecular weight excluding hydrogens is 184 g/mol. The smallest absolute Gasteiger partial charge is 0.00103 e. The van der Waals surface area contributed by atoms with Crippen LogP contribution in [0.4, 0.5) is 0 Å². The third kappa shape index (κ3) is 5.53. The Morgan fingerprint density at radius 3 is 2.33 bits per heavy atom. The minimum absolute atomic E-state index is 0.632. The molecule has 1 fully saturated rings. The first-order valence-electron chi connectivity index (χ1n) is 6.63. The van der Waals surface area contributed by atoms with Gasteiger partial charge in [0.25, 0.3) is 0 Å². The highest BCUT2D eigenvalue weighted by Crippen LogP contribution is 2.47. The standard InChI is InChI=1S/C13H28N2/c1-4-13(7-8-13)11-14-9-5-6-10-15-12(2)3/h12,14-15H,4-11H2,1-3H3. The summed E-state index contributed by atoms with van der Waals surface area (Å²) in [6.45, 7) is 10.3. The maximum Gasteiger partial charge on any atom is 0.00103 e. The van der Waals surface area contributed by atoms with Crippen molar-refractivity contribution in [2.75, 3.05) is 19.6 Å². The predicted octanol–water partition coefficient (Wildman–Crippen LogP) is 2.54. The third-order valence-electron chi connectivity index (χ3n) is 3.54. The lowest BCUT2D eigenvalue weighted by atomic mass is 10.0. The number of unbranched alkanes of at least 4 members (excludes halogenated alkanes) is 1. The zero-order valence-electron chi connectivity index (χ0n) is 10.7. The minimum atomic E-state index is 0.632. The molecule has 0 aromatic carbocycles. The predicted molar refractivity (Wildman–Crippen MR) is 67.2 cm³/mol. The lowest BCUT2D eigenvalue weighted by Gasteiger charge is -2.13. The molecule has 1 aliphatic carbocycles. The molecule has 0 aromatic heterocycles. The normalized spacial score (nSPS) is 18.4. The van der Waals surface area contributed by atoms with Crippen LogP contribution < -0.4 is 10.6 Å². The molecule has 0 atom stereocenters. The molecule has 2 nitrogen and oxygen atoms in total. The molecule has 1 saturated carbocycles. The maximum absolute atomic E-state index is 3.60. The van der Waals surface area contributed by atoms with Crippen LogP contribution in [0.1, 0.15) is 52.9 Å². The Bertz CT molecular complexity index is 162. The molecule has 0 aliphatic heterocycles. The lowest BCUT2D eigenvalue weighted by Crippen LogP contribution is -2.27. The largest absolute Gasteiger partial charge is 0.316 e. The second kappa shape index (κ2) is 6.49. The Hall–Kier alpha value is -0.0800. The van der Waals surface area contributed by atoms with Gasteiger partial charge in [0.15, 0.2) is 0 Å². The van der Waals surface area contributed by atoms with Crippen molar-refractivity contribution in [3.05, 3.63) is 0 Å². The van der Waals surface area contributed by atoms with Crippen LogP contribution in [-0.2, 0) is 0 Å². The van der Waals surface area contributed by atoms with Gasteiger partial charge in [0.1, 0.15) is 0 Å². The molecule has 15 heavy (non-hydrogen) atoms. The van der Waals surface area contributed by atoms with Gasteiger partial charge in [0.2, 0.25) is 0 Å². The van der Waals surface area contributed by atoms with E-state index in [2.05, 4.69) is 31.4 Å². The van der Waals surface area contributed by atoms with Crippen LogP contribution in [0.5, 0.6) is 0 Å². The van der Waals surface area contributed by atoms with Gasteiger partial charge in [-0.1, -0.05) is 20.8 Å². The van der Waals surface area contributed by atoms with Crippen molar-refractivity contribution in [1.82, 2.24) is 10.6 Å². The summed E-state index contributed by atoms with van der Waals surface area (Å²) in [5.74, 6) is 0. The van der Waals surface area contributed by atoms with E-state index in [0.717, 1.165) is 6.54 Å². The van der Waals surface area contributed by atoms with Gasteiger partial charge < -0.3 is 10.6 Å². The fourth-order valence-corrected chi connectivity index (χ4v) is 1.95. The van der Waals surface area contributed by atoms with Gasteiger partial charge >= 0.3 is 0 Å². The van der Waals surface area contributed by atoms with E-state index in [1.54, 1.807) is 0 Å².